The Kier molecular flexibility index (Phi) is 4.29. The first-order valence-electron chi connectivity index (χ1n) is 7.99. The number of benzene rings is 1. The summed E-state index contributed by atoms with van der Waals surface area (Å²) in [6.45, 7) is 3.11. The molecule has 120 valence electrons. The highest BCUT2D eigenvalue weighted by Crippen LogP contribution is 2.26. The second-order valence-electron chi connectivity index (χ2n) is 5.92. The van der Waals surface area contributed by atoms with Crippen LogP contribution in [-0.4, -0.2) is 37.8 Å². The molecule has 4 rings (SSSR count). The first kappa shape index (κ1) is 15.1. The molecular weight excluding hydrogens is 330 g/mol. The van der Waals surface area contributed by atoms with Gasteiger partial charge in [-0.3, -0.25) is 4.90 Å². The summed E-state index contributed by atoms with van der Waals surface area (Å²) in [6, 6.07) is 7.75. The highest BCUT2D eigenvalue weighted by Gasteiger charge is 2.16. The van der Waals surface area contributed by atoms with E-state index in [0.717, 1.165) is 46.0 Å². The summed E-state index contributed by atoms with van der Waals surface area (Å²) < 4.78 is 1.89. The Hall–Kier alpha value is -1.50. The predicted molar refractivity (Wildman–Crippen MR) is 92.9 cm³/mol. The molecule has 1 aromatic carbocycles. The van der Waals surface area contributed by atoms with Crippen molar-refractivity contribution in [2.75, 3.05) is 13.1 Å². The summed E-state index contributed by atoms with van der Waals surface area (Å²) >= 11 is 7.51. The molecule has 0 saturated carbocycles. The molecule has 1 saturated heterocycles. The lowest BCUT2D eigenvalue weighted by Crippen LogP contribution is -2.25. The minimum atomic E-state index is 0.735. The highest BCUT2D eigenvalue weighted by atomic mass is 35.5. The molecule has 0 atom stereocenters. The average Bonchev–Trinajstić information content (AvgIpc) is 3.02. The molecule has 0 bridgehead atoms. The highest BCUT2D eigenvalue weighted by molar-refractivity contribution is 7.19. The van der Waals surface area contributed by atoms with E-state index < -0.39 is 0 Å². The van der Waals surface area contributed by atoms with E-state index >= 15 is 0 Å². The van der Waals surface area contributed by atoms with Gasteiger partial charge in [0, 0.05) is 10.6 Å². The van der Waals surface area contributed by atoms with Gasteiger partial charge in [-0.2, -0.15) is 9.61 Å². The molecule has 7 heteroatoms. The summed E-state index contributed by atoms with van der Waals surface area (Å²) in [5, 5.41) is 15.0. The zero-order valence-electron chi connectivity index (χ0n) is 12.8. The lowest BCUT2D eigenvalue weighted by Gasteiger charge is -2.17. The van der Waals surface area contributed by atoms with Gasteiger partial charge in [0.15, 0.2) is 5.82 Å². The summed E-state index contributed by atoms with van der Waals surface area (Å²) in [6.07, 6.45) is 5.22. The number of rotatable bonds is 3. The number of hydrogen-bond acceptors (Lipinski definition) is 5. The molecule has 5 nitrogen and oxygen atoms in total. The Bertz CT molecular complexity index is 787. The molecule has 0 N–H and O–H groups in total. The Morgan fingerprint density at radius 2 is 1.74 bits per heavy atom. The lowest BCUT2D eigenvalue weighted by atomic mass is 10.2. The molecule has 0 spiro atoms. The molecule has 1 fully saturated rings. The number of nitrogens with zero attached hydrogens (tertiary/aromatic N) is 5. The van der Waals surface area contributed by atoms with E-state index in [1.807, 2.05) is 28.8 Å². The molecule has 0 radical (unpaired) electrons. The Morgan fingerprint density at radius 1 is 1.00 bits per heavy atom. The van der Waals surface area contributed by atoms with Gasteiger partial charge in [-0.1, -0.05) is 47.9 Å². The molecule has 1 aliphatic heterocycles. The number of halogens is 1. The van der Waals surface area contributed by atoms with Gasteiger partial charge < -0.3 is 0 Å². The van der Waals surface area contributed by atoms with Gasteiger partial charge in [0.25, 0.3) is 0 Å². The second-order valence-corrected chi connectivity index (χ2v) is 7.31. The first-order chi connectivity index (χ1) is 11.3. The smallest absolute Gasteiger partial charge is 0.235 e. The van der Waals surface area contributed by atoms with Crippen molar-refractivity contribution in [2.24, 2.45) is 0 Å². The van der Waals surface area contributed by atoms with E-state index in [-0.39, 0.29) is 0 Å². The summed E-state index contributed by atoms with van der Waals surface area (Å²) in [7, 11) is 0. The van der Waals surface area contributed by atoms with Crippen LogP contribution in [0.25, 0.3) is 15.5 Å². The molecule has 0 amide bonds. The quantitative estimate of drug-likeness (QED) is 0.721. The molecular formula is C16H18ClN5S. The Labute approximate surface area is 143 Å². The van der Waals surface area contributed by atoms with Crippen molar-refractivity contribution in [1.29, 1.82) is 0 Å². The third-order valence-corrected chi connectivity index (χ3v) is 5.41. The van der Waals surface area contributed by atoms with Crippen LogP contribution < -0.4 is 0 Å². The number of likely N-dealkylation sites (tertiary alicyclic amines) is 1. The Morgan fingerprint density at radius 3 is 2.48 bits per heavy atom. The third-order valence-electron chi connectivity index (χ3n) is 4.21. The van der Waals surface area contributed by atoms with Crippen molar-refractivity contribution < 1.29 is 0 Å². The van der Waals surface area contributed by atoms with Crippen LogP contribution in [0.15, 0.2) is 24.3 Å². The van der Waals surface area contributed by atoms with Crippen molar-refractivity contribution in [3.63, 3.8) is 0 Å². The second kappa shape index (κ2) is 6.55. The van der Waals surface area contributed by atoms with Gasteiger partial charge in [-0.15, -0.1) is 10.2 Å². The van der Waals surface area contributed by atoms with Crippen molar-refractivity contribution in [2.45, 2.75) is 32.2 Å². The van der Waals surface area contributed by atoms with E-state index in [4.69, 9.17) is 16.7 Å². The van der Waals surface area contributed by atoms with Gasteiger partial charge in [0.1, 0.15) is 5.01 Å². The number of hydrogen-bond donors (Lipinski definition) is 0. The van der Waals surface area contributed by atoms with Gasteiger partial charge in [0.2, 0.25) is 4.96 Å². The average molecular weight is 348 g/mol. The SMILES string of the molecule is Clc1ccc(-c2nn3c(CN4CCCCCC4)nnc3s2)cc1. The molecule has 23 heavy (non-hydrogen) atoms. The number of aromatic nitrogens is 4. The van der Waals surface area contributed by atoms with Crippen LogP contribution in [0.3, 0.4) is 0 Å². The summed E-state index contributed by atoms with van der Waals surface area (Å²) in [4.78, 5) is 3.31. The fourth-order valence-electron chi connectivity index (χ4n) is 2.96. The van der Waals surface area contributed by atoms with E-state index in [0.29, 0.717) is 0 Å². The van der Waals surface area contributed by atoms with Crippen LogP contribution in [0.5, 0.6) is 0 Å². The number of fused-ring (bicyclic) bond motifs is 1. The van der Waals surface area contributed by atoms with Crippen LogP contribution >= 0.6 is 22.9 Å². The van der Waals surface area contributed by atoms with E-state index in [2.05, 4.69) is 15.1 Å². The van der Waals surface area contributed by atoms with E-state index in [1.165, 1.54) is 25.7 Å². The molecule has 1 aliphatic rings. The fraction of sp³-hybridized carbons (Fsp3) is 0.438. The van der Waals surface area contributed by atoms with Gasteiger partial charge >= 0.3 is 0 Å². The van der Waals surface area contributed by atoms with Crippen LogP contribution in [-0.2, 0) is 6.54 Å². The lowest BCUT2D eigenvalue weighted by molar-refractivity contribution is 0.268. The minimum Gasteiger partial charge on any atom is -0.296 e. The van der Waals surface area contributed by atoms with Crippen LogP contribution in [0.2, 0.25) is 5.02 Å². The Balaban J connectivity index is 1.60. The third kappa shape index (κ3) is 3.24. The maximum atomic E-state index is 5.95. The molecule has 3 aromatic rings. The zero-order valence-corrected chi connectivity index (χ0v) is 14.4. The summed E-state index contributed by atoms with van der Waals surface area (Å²) in [5.74, 6) is 0.929. The first-order valence-corrected chi connectivity index (χ1v) is 9.18. The molecule has 3 heterocycles. The van der Waals surface area contributed by atoms with Gasteiger partial charge in [-0.25, -0.2) is 0 Å². The zero-order chi connectivity index (χ0) is 15.6. The molecule has 0 unspecified atom stereocenters. The van der Waals surface area contributed by atoms with E-state index in [1.54, 1.807) is 11.3 Å². The maximum Gasteiger partial charge on any atom is 0.235 e. The normalized spacial score (nSPS) is 16.7. The maximum absolute atomic E-state index is 5.95. The van der Waals surface area contributed by atoms with Crippen LogP contribution in [0.4, 0.5) is 0 Å². The van der Waals surface area contributed by atoms with Gasteiger partial charge in [-0.05, 0) is 38.1 Å². The van der Waals surface area contributed by atoms with Crippen molar-refractivity contribution in [1.82, 2.24) is 24.7 Å². The summed E-state index contributed by atoms with van der Waals surface area (Å²) in [5.41, 5.74) is 1.06. The predicted octanol–water partition coefficient (Wildman–Crippen LogP) is 3.88. The molecule has 0 aliphatic carbocycles. The van der Waals surface area contributed by atoms with Crippen LogP contribution in [0, 0.1) is 0 Å². The van der Waals surface area contributed by atoms with Crippen molar-refractivity contribution in [3.05, 3.63) is 35.1 Å². The van der Waals surface area contributed by atoms with Crippen LogP contribution in [0.1, 0.15) is 31.5 Å². The van der Waals surface area contributed by atoms with Gasteiger partial charge in [0.05, 0.1) is 6.54 Å². The topological polar surface area (TPSA) is 46.3 Å². The fourth-order valence-corrected chi connectivity index (χ4v) is 3.95. The largest absolute Gasteiger partial charge is 0.296 e. The minimum absolute atomic E-state index is 0.735. The molecule has 2 aromatic heterocycles. The standard InChI is InChI=1S/C16H18ClN5S/c17-13-7-5-12(6-8-13)15-20-22-14(18-19-16(22)23-15)11-21-9-3-1-2-4-10-21/h5-8H,1-4,9-11H2. The van der Waals surface area contributed by atoms with E-state index in [9.17, 15) is 0 Å². The van der Waals surface area contributed by atoms with Crippen molar-refractivity contribution >= 4 is 27.9 Å². The van der Waals surface area contributed by atoms with Crippen molar-refractivity contribution in [3.8, 4) is 10.6 Å². The monoisotopic (exact) mass is 347 g/mol.